The van der Waals surface area contributed by atoms with Gasteiger partial charge in [-0.2, -0.15) is 0 Å². The van der Waals surface area contributed by atoms with E-state index in [4.69, 9.17) is 4.74 Å². The van der Waals surface area contributed by atoms with Crippen molar-refractivity contribution in [2.75, 3.05) is 17.3 Å². The second kappa shape index (κ2) is 9.48. The lowest BCUT2D eigenvalue weighted by molar-refractivity contribution is -0.132. The average molecular weight is 522 g/mol. The van der Waals surface area contributed by atoms with E-state index < -0.39 is 17.7 Å². The molecule has 3 aromatic rings. The van der Waals surface area contributed by atoms with Gasteiger partial charge in [-0.15, -0.1) is 0 Å². The number of amides is 2. The van der Waals surface area contributed by atoms with Crippen molar-refractivity contribution in [1.29, 1.82) is 0 Å². The lowest BCUT2D eigenvalue weighted by Gasteiger charge is -2.25. The van der Waals surface area contributed by atoms with E-state index >= 15 is 0 Å². The number of hydrogen-bond acceptors (Lipinski definition) is 6. The molecule has 0 radical (unpaired) electrons. The Morgan fingerprint density at radius 2 is 1.76 bits per heavy atom. The van der Waals surface area contributed by atoms with Crippen LogP contribution < -0.4 is 15.0 Å². The van der Waals surface area contributed by atoms with Crippen LogP contribution in [0.25, 0.3) is 5.76 Å². The largest absolute Gasteiger partial charge is 0.507 e. The van der Waals surface area contributed by atoms with E-state index in [1.54, 1.807) is 67.0 Å². The van der Waals surface area contributed by atoms with Gasteiger partial charge in [0.2, 0.25) is 5.91 Å². The maximum Gasteiger partial charge on any atom is 0.300 e. The molecule has 1 unspecified atom stereocenters. The van der Waals surface area contributed by atoms with Gasteiger partial charge in [0.05, 0.1) is 23.2 Å². The van der Waals surface area contributed by atoms with Crippen LogP contribution in [0.2, 0.25) is 0 Å². The van der Waals surface area contributed by atoms with Crippen molar-refractivity contribution < 1.29 is 24.2 Å². The minimum absolute atomic E-state index is 0.0424. The third-order valence-electron chi connectivity index (χ3n) is 5.36. The summed E-state index contributed by atoms with van der Waals surface area (Å²) < 4.78 is 5.82. The van der Waals surface area contributed by atoms with E-state index in [9.17, 15) is 19.5 Å². The summed E-state index contributed by atoms with van der Waals surface area (Å²) >= 11 is 3.38. The van der Waals surface area contributed by atoms with Crippen LogP contribution in [0.5, 0.6) is 5.75 Å². The highest BCUT2D eigenvalue weighted by Crippen LogP contribution is 2.42. The highest BCUT2D eigenvalue weighted by Gasteiger charge is 2.47. The number of aliphatic hydroxyl groups is 1. The van der Waals surface area contributed by atoms with Crippen LogP contribution in [0.15, 0.2) is 77.0 Å². The number of carbonyl (C=O) groups excluding carboxylic acids is 3. The van der Waals surface area contributed by atoms with Crippen LogP contribution in [-0.2, 0) is 14.4 Å². The highest BCUT2D eigenvalue weighted by molar-refractivity contribution is 9.10. The SMILES string of the molecule is COc1ccc(/C(O)=C2/C(=O)C(=O)N(c3ccc(NC(C)=O)cc3)C2c2ccncc2)cc1Br. The molecule has 1 fully saturated rings. The van der Waals surface area contributed by atoms with Crippen LogP contribution >= 0.6 is 15.9 Å². The van der Waals surface area contributed by atoms with E-state index in [-0.39, 0.29) is 17.2 Å². The van der Waals surface area contributed by atoms with Gasteiger partial charge in [-0.25, -0.2) is 0 Å². The number of ketones is 1. The molecule has 2 aromatic carbocycles. The Morgan fingerprint density at radius 3 is 2.35 bits per heavy atom. The molecule has 2 heterocycles. The fourth-order valence-electron chi connectivity index (χ4n) is 3.84. The molecule has 0 aliphatic carbocycles. The van der Waals surface area contributed by atoms with Crippen LogP contribution in [0.1, 0.15) is 24.1 Å². The number of anilines is 2. The van der Waals surface area contributed by atoms with Gasteiger partial charge in [-0.05, 0) is 76.1 Å². The van der Waals surface area contributed by atoms with Crippen LogP contribution in [0, 0.1) is 0 Å². The topological polar surface area (TPSA) is 109 Å². The molecule has 1 aliphatic heterocycles. The summed E-state index contributed by atoms with van der Waals surface area (Å²) in [4.78, 5) is 43.1. The van der Waals surface area contributed by atoms with Gasteiger partial charge >= 0.3 is 0 Å². The van der Waals surface area contributed by atoms with E-state index in [0.717, 1.165) is 0 Å². The van der Waals surface area contributed by atoms with Gasteiger partial charge in [0, 0.05) is 36.3 Å². The number of benzene rings is 2. The Bertz CT molecular complexity index is 1310. The van der Waals surface area contributed by atoms with Crippen LogP contribution in [0.4, 0.5) is 11.4 Å². The molecular formula is C25H20BrN3O5. The number of nitrogens with one attached hydrogen (secondary N) is 1. The zero-order valence-electron chi connectivity index (χ0n) is 18.3. The Labute approximate surface area is 204 Å². The van der Waals surface area contributed by atoms with E-state index in [1.807, 2.05) is 0 Å². The monoisotopic (exact) mass is 521 g/mol. The van der Waals surface area contributed by atoms with E-state index in [2.05, 4.69) is 26.2 Å². The van der Waals surface area contributed by atoms with Crippen molar-refractivity contribution in [2.24, 2.45) is 0 Å². The number of hydrogen-bond donors (Lipinski definition) is 2. The van der Waals surface area contributed by atoms with Crippen molar-refractivity contribution in [2.45, 2.75) is 13.0 Å². The fraction of sp³-hybridized carbons (Fsp3) is 0.120. The number of aromatic nitrogens is 1. The van der Waals surface area contributed by atoms with Gasteiger partial charge in [0.25, 0.3) is 11.7 Å². The summed E-state index contributed by atoms with van der Waals surface area (Å²) in [6.45, 7) is 1.40. The number of nitrogens with zero attached hydrogens (tertiary/aromatic N) is 2. The number of aliphatic hydroxyl groups excluding tert-OH is 1. The van der Waals surface area contributed by atoms with Gasteiger partial charge in [0.15, 0.2) is 0 Å². The van der Waals surface area contributed by atoms with Crippen molar-refractivity contribution >= 4 is 50.7 Å². The highest BCUT2D eigenvalue weighted by atomic mass is 79.9. The molecule has 8 nitrogen and oxygen atoms in total. The first-order valence-corrected chi connectivity index (χ1v) is 11.0. The third-order valence-corrected chi connectivity index (χ3v) is 5.98. The fourth-order valence-corrected chi connectivity index (χ4v) is 4.38. The lowest BCUT2D eigenvalue weighted by Crippen LogP contribution is -2.29. The van der Waals surface area contributed by atoms with Gasteiger partial charge < -0.3 is 15.2 Å². The molecule has 1 saturated heterocycles. The molecule has 2 N–H and O–H groups in total. The summed E-state index contributed by atoms with van der Waals surface area (Å²) in [5, 5.41) is 13.9. The molecule has 0 bridgehead atoms. The summed E-state index contributed by atoms with van der Waals surface area (Å²) in [6, 6.07) is 13.9. The van der Waals surface area contributed by atoms with Crippen molar-refractivity contribution in [1.82, 2.24) is 4.98 Å². The smallest absolute Gasteiger partial charge is 0.300 e. The predicted octanol–water partition coefficient (Wildman–Crippen LogP) is 4.44. The van der Waals surface area contributed by atoms with Gasteiger partial charge in [0.1, 0.15) is 11.5 Å². The Morgan fingerprint density at radius 1 is 1.09 bits per heavy atom. The molecule has 1 atom stereocenters. The second-order valence-corrected chi connectivity index (χ2v) is 8.38. The molecular weight excluding hydrogens is 502 g/mol. The summed E-state index contributed by atoms with van der Waals surface area (Å²) in [5.74, 6) is -1.56. The number of pyridine rings is 1. The average Bonchev–Trinajstić information content (AvgIpc) is 3.09. The van der Waals surface area contributed by atoms with Crippen LogP contribution in [-0.4, -0.2) is 34.8 Å². The standard InChI is InChI=1S/C25H20BrN3O5/c1-14(30)28-17-4-6-18(7-5-17)29-22(15-9-11-27-12-10-15)21(24(32)25(29)33)23(31)16-3-8-20(34-2)19(26)13-16/h3-13,22,31H,1-2H3,(H,28,30)/b23-21-. The number of halogens is 1. The molecule has 0 saturated carbocycles. The van der Waals surface area contributed by atoms with Crippen LogP contribution in [0.3, 0.4) is 0 Å². The van der Waals surface area contributed by atoms with Crippen molar-refractivity contribution in [3.8, 4) is 5.75 Å². The Kier molecular flexibility index (Phi) is 6.47. The normalized spacial score (nSPS) is 17.0. The van der Waals surface area contributed by atoms with Gasteiger partial charge in [-0.1, -0.05) is 0 Å². The predicted molar refractivity (Wildman–Crippen MR) is 130 cm³/mol. The number of Topliss-reactive ketones (excluding diaryl/α,β-unsaturated/α-hetero) is 1. The molecule has 1 aliphatic rings. The van der Waals surface area contributed by atoms with Crippen molar-refractivity contribution in [3.63, 3.8) is 0 Å². The molecule has 1 aromatic heterocycles. The number of rotatable bonds is 5. The summed E-state index contributed by atoms with van der Waals surface area (Å²) in [6.07, 6.45) is 3.11. The number of methoxy groups -OCH3 is 1. The second-order valence-electron chi connectivity index (χ2n) is 7.53. The third kappa shape index (κ3) is 4.29. The van der Waals surface area contributed by atoms with E-state index in [1.165, 1.54) is 18.9 Å². The first-order valence-electron chi connectivity index (χ1n) is 10.2. The summed E-state index contributed by atoms with van der Waals surface area (Å²) in [7, 11) is 1.52. The maximum atomic E-state index is 13.2. The maximum absolute atomic E-state index is 13.2. The van der Waals surface area contributed by atoms with Crippen molar-refractivity contribution in [3.05, 3.63) is 88.2 Å². The molecule has 0 spiro atoms. The zero-order chi connectivity index (χ0) is 24.4. The quantitative estimate of drug-likeness (QED) is 0.292. The lowest BCUT2D eigenvalue weighted by atomic mass is 9.95. The van der Waals surface area contributed by atoms with E-state index in [0.29, 0.717) is 32.7 Å². The first-order chi connectivity index (χ1) is 16.3. The molecule has 2 amide bonds. The zero-order valence-corrected chi connectivity index (χ0v) is 19.9. The number of carbonyl (C=O) groups is 3. The Balaban J connectivity index is 1.86. The number of ether oxygens (including phenoxy) is 1. The first kappa shape index (κ1) is 23.2. The molecule has 4 rings (SSSR count). The molecule has 34 heavy (non-hydrogen) atoms. The Hall–Kier alpha value is -3.98. The minimum atomic E-state index is -0.879. The molecule has 9 heteroatoms. The molecule has 172 valence electrons. The summed E-state index contributed by atoms with van der Waals surface area (Å²) in [5.41, 5.74) is 1.91. The minimum Gasteiger partial charge on any atom is -0.507 e. The van der Waals surface area contributed by atoms with Gasteiger partial charge in [-0.3, -0.25) is 24.3 Å².